The predicted octanol–water partition coefficient (Wildman–Crippen LogP) is 5.00. The fourth-order valence-corrected chi connectivity index (χ4v) is 2.14. The van der Waals surface area contributed by atoms with Crippen LogP contribution in [0.25, 0.3) is 10.8 Å². The lowest BCUT2D eigenvalue weighted by Crippen LogP contribution is -2.13. The van der Waals surface area contributed by atoms with Crippen LogP contribution in [0.3, 0.4) is 0 Å². The van der Waals surface area contributed by atoms with Gasteiger partial charge in [-0.05, 0) is 41.5 Å². The number of benzene rings is 2. The largest absolute Gasteiger partial charge is 0.399 e. The first-order valence-electron chi connectivity index (χ1n) is 6.32. The minimum atomic E-state index is -4.44. The van der Waals surface area contributed by atoms with E-state index >= 15 is 0 Å². The maximum atomic E-state index is 13.6. The summed E-state index contributed by atoms with van der Waals surface area (Å²) in [5.74, 6) is -0.840. The normalized spacial score (nSPS) is 11.2. The molecule has 0 saturated heterocycles. The fraction of sp³-hybridized carbons (Fsp3) is 0.333. The second-order valence-electron chi connectivity index (χ2n) is 4.25. The van der Waals surface area contributed by atoms with Gasteiger partial charge >= 0.3 is 6.18 Å². The molecule has 0 saturated carbocycles. The molecule has 0 spiro atoms. The van der Waals surface area contributed by atoms with Crippen molar-refractivity contribution in [3.8, 4) is 0 Å². The van der Waals surface area contributed by atoms with Crippen LogP contribution in [-0.4, -0.2) is 6.18 Å². The monoisotopic (exact) mass is 287 g/mol. The van der Waals surface area contributed by atoms with Crippen LogP contribution in [0.5, 0.6) is 0 Å². The van der Waals surface area contributed by atoms with E-state index in [1.54, 1.807) is 19.1 Å². The molecule has 5 heteroatoms. The Balaban J connectivity index is 0.000000956. The van der Waals surface area contributed by atoms with Crippen molar-refractivity contribution in [1.82, 2.24) is 0 Å². The van der Waals surface area contributed by atoms with Gasteiger partial charge in [-0.3, -0.25) is 0 Å². The van der Waals surface area contributed by atoms with Gasteiger partial charge in [0.15, 0.2) is 0 Å². The third kappa shape index (κ3) is 3.62. The van der Waals surface area contributed by atoms with E-state index in [9.17, 15) is 17.6 Å². The average Bonchev–Trinajstić information content (AvgIpc) is 2.33. The Hall–Kier alpha value is -1.78. The molecule has 0 heterocycles. The molecule has 1 nitrogen and oxygen atoms in total. The Morgan fingerprint density at radius 2 is 1.70 bits per heavy atom. The highest BCUT2D eigenvalue weighted by Crippen LogP contribution is 2.32. The molecule has 0 atom stereocenters. The molecule has 0 fully saturated rings. The van der Waals surface area contributed by atoms with Crippen molar-refractivity contribution < 1.29 is 17.6 Å². The van der Waals surface area contributed by atoms with Gasteiger partial charge in [-0.25, -0.2) is 4.39 Å². The molecule has 0 unspecified atom stereocenters. The molecule has 2 aromatic rings. The van der Waals surface area contributed by atoms with Crippen LogP contribution < -0.4 is 5.73 Å². The van der Waals surface area contributed by atoms with Crippen LogP contribution >= 0.6 is 0 Å². The number of halogens is 4. The van der Waals surface area contributed by atoms with Gasteiger partial charge in [0, 0.05) is 11.3 Å². The summed E-state index contributed by atoms with van der Waals surface area (Å²) in [5.41, 5.74) is 6.30. The van der Waals surface area contributed by atoms with Crippen molar-refractivity contribution in [3.05, 3.63) is 41.2 Å². The van der Waals surface area contributed by atoms with Crippen LogP contribution in [-0.2, 0) is 6.42 Å². The quantitative estimate of drug-likeness (QED) is 0.579. The Morgan fingerprint density at radius 1 is 1.10 bits per heavy atom. The van der Waals surface area contributed by atoms with Crippen molar-refractivity contribution in [1.29, 1.82) is 0 Å². The molecular weight excluding hydrogens is 270 g/mol. The number of anilines is 1. The van der Waals surface area contributed by atoms with Gasteiger partial charge in [-0.2, -0.15) is 13.2 Å². The van der Waals surface area contributed by atoms with Crippen LogP contribution in [0.1, 0.15) is 25.0 Å². The summed E-state index contributed by atoms with van der Waals surface area (Å²) < 4.78 is 51.0. The van der Waals surface area contributed by atoms with E-state index in [2.05, 4.69) is 0 Å². The summed E-state index contributed by atoms with van der Waals surface area (Å²) >= 11 is 0. The minimum Gasteiger partial charge on any atom is -0.399 e. The van der Waals surface area contributed by atoms with E-state index in [0.29, 0.717) is 22.0 Å². The van der Waals surface area contributed by atoms with Gasteiger partial charge in [-0.15, -0.1) is 0 Å². The molecule has 20 heavy (non-hydrogen) atoms. The first kappa shape index (κ1) is 16.3. The first-order chi connectivity index (χ1) is 9.28. The van der Waals surface area contributed by atoms with Crippen LogP contribution in [0.2, 0.25) is 0 Å². The second-order valence-corrected chi connectivity index (χ2v) is 4.25. The number of rotatable bonds is 1. The summed E-state index contributed by atoms with van der Waals surface area (Å²) in [7, 11) is 0. The molecule has 0 aromatic heterocycles. The molecular formula is C15H17F4N. The highest BCUT2D eigenvalue weighted by molar-refractivity contribution is 5.91. The summed E-state index contributed by atoms with van der Waals surface area (Å²) in [6.07, 6.45) is -5.72. The van der Waals surface area contributed by atoms with Gasteiger partial charge in [0.05, 0.1) is 6.42 Å². The first-order valence-corrected chi connectivity index (χ1v) is 6.32. The zero-order chi connectivity index (χ0) is 15.5. The van der Waals surface area contributed by atoms with Gasteiger partial charge in [0.25, 0.3) is 0 Å². The molecule has 2 aromatic carbocycles. The van der Waals surface area contributed by atoms with Crippen molar-refractivity contribution in [3.63, 3.8) is 0 Å². The molecule has 0 aliphatic heterocycles. The number of alkyl halides is 3. The molecule has 0 aliphatic rings. The van der Waals surface area contributed by atoms with E-state index < -0.39 is 18.4 Å². The lowest BCUT2D eigenvalue weighted by atomic mass is 9.96. The van der Waals surface area contributed by atoms with Gasteiger partial charge in [0.2, 0.25) is 0 Å². The zero-order valence-corrected chi connectivity index (χ0v) is 11.6. The van der Waals surface area contributed by atoms with Crippen LogP contribution in [0, 0.1) is 12.7 Å². The summed E-state index contributed by atoms with van der Waals surface area (Å²) in [4.78, 5) is 0. The average molecular weight is 287 g/mol. The molecule has 0 radical (unpaired) electrons. The highest BCUT2D eigenvalue weighted by Gasteiger charge is 2.30. The van der Waals surface area contributed by atoms with E-state index in [4.69, 9.17) is 5.73 Å². The number of nitrogens with two attached hydrogens (primary N) is 1. The van der Waals surface area contributed by atoms with E-state index in [0.717, 1.165) is 6.07 Å². The maximum Gasteiger partial charge on any atom is 0.393 e. The van der Waals surface area contributed by atoms with Crippen molar-refractivity contribution in [2.24, 2.45) is 0 Å². The Labute approximate surface area is 115 Å². The van der Waals surface area contributed by atoms with Crippen molar-refractivity contribution in [2.45, 2.75) is 33.4 Å². The van der Waals surface area contributed by atoms with Crippen LogP contribution in [0.15, 0.2) is 24.3 Å². The Bertz CT molecular complexity index is 603. The molecule has 110 valence electrons. The zero-order valence-electron chi connectivity index (χ0n) is 11.6. The van der Waals surface area contributed by atoms with Crippen molar-refractivity contribution in [2.75, 3.05) is 5.73 Å². The topological polar surface area (TPSA) is 26.0 Å². The van der Waals surface area contributed by atoms with Gasteiger partial charge < -0.3 is 5.73 Å². The number of aryl methyl sites for hydroxylation is 1. The molecule has 2 rings (SSSR count). The standard InChI is InChI=1S/C13H11F4N.C2H6/c1-7-4-9(18)5-8-2-3-11(14)10(12(7)8)6-13(15,16)17;1-2/h2-5H,6,18H2,1H3;1-2H3. The predicted molar refractivity (Wildman–Crippen MR) is 74.2 cm³/mol. The van der Waals surface area contributed by atoms with Gasteiger partial charge in [-0.1, -0.05) is 19.9 Å². The molecule has 0 bridgehead atoms. The summed E-state index contributed by atoms with van der Waals surface area (Å²) in [6.45, 7) is 5.62. The van der Waals surface area contributed by atoms with E-state index in [1.807, 2.05) is 13.8 Å². The van der Waals surface area contributed by atoms with Gasteiger partial charge in [0.1, 0.15) is 5.82 Å². The third-order valence-electron chi connectivity index (χ3n) is 2.76. The fourth-order valence-electron chi connectivity index (χ4n) is 2.14. The number of hydrogen-bond acceptors (Lipinski definition) is 1. The molecule has 0 amide bonds. The maximum absolute atomic E-state index is 13.6. The number of fused-ring (bicyclic) bond motifs is 1. The lowest BCUT2D eigenvalue weighted by molar-refractivity contribution is -0.127. The summed E-state index contributed by atoms with van der Waals surface area (Å²) in [6, 6.07) is 5.57. The summed E-state index contributed by atoms with van der Waals surface area (Å²) in [5, 5.41) is 0.815. The second kappa shape index (κ2) is 6.11. The lowest BCUT2D eigenvalue weighted by Gasteiger charge is -2.13. The van der Waals surface area contributed by atoms with Crippen LogP contribution in [0.4, 0.5) is 23.2 Å². The molecule has 0 aliphatic carbocycles. The number of hydrogen-bond donors (Lipinski definition) is 1. The van der Waals surface area contributed by atoms with E-state index in [-0.39, 0.29) is 5.56 Å². The Morgan fingerprint density at radius 3 is 2.25 bits per heavy atom. The Kier molecular flexibility index (Phi) is 4.98. The smallest absolute Gasteiger partial charge is 0.393 e. The number of nitrogen functional groups attached to an aromatic ring is 1. The minimum absolute atomic E-state index is 0.293. The third-order valence-corrected chi connectivity index (χ3v) is 2.76. The SMILES string of the molecule is CC.Cc1cc(N)cc2ccc(F)c(CC(F)(F)F)c12. The molecule has 2 N–H and O–H groups in total. The van der Waals surface area contributed by atoms with Crippen molar-refractivity contribution >= 4 is 16.5 Å². The highest BCUT2D eigenvalue weighted by atomic mass is 19.4. The van der Waals surface area contributed by atoms with E-state index in [1.165, 1.54) is 6.07 Å².